The maximum Gasteiger partial charge on any atom is 0.418 e. The van der Waals surface area contributed by atoms with Gasteiger partial charge in [0.05, 0.1) is 11.3 Å². The number of carbonyl (C=O) groups excluding carboxylic acids is 1. The van der Waals surface area contributed by atoms with E-state index >= 15 is 0 Å². The number of hydrogen-bond donors (Lipinski definition) is 1. The highest BCUT2D eigenvalue weighted by Gasteiger charge is 2.34. The number of nitrogens with one attached hydrogen (secondary N) is 1. The Bertz CT molecular complexity index is 557. The summed E-state index contributed by atoms with van der Waals surface area (Å²) in [6.45, 7) is 4.11. The van der Waals surface area contributed by atoms with Gasteiger partial charge in [0.25, 0.3) is 0 Å². The molecule has 1 N–H and O–H groups in total. The predicted molar refractivity (Wildman–Crippen MR) is 83.6 cm³/mol. The summed E-state index contributed by atoms with van der Waals surface area (Å²) < 4.78 is 38.9. The first kappa shape index (κ1) is 18.0. The molecule has 0 atom stereocenters. The van der Waals surface area contributed by atoms with E-state index < -0.39 is 17.6 Å². The number of alkyl halides is 3. The van der Waals surface area contributed by atoms with E-state index in [0.717, 1.165) is 32.2 Å². The standard InChI is InChI=1S/C15H19ClF3N3O/c1-21-6-8-22(9-7-21)5-4-14(23)20-13-3-2-11(16)10-12(13)15(17,18)19/h2-3,10H,4-9H2,1H3,(H,20,23). The average molecular weight is 350 g/mol. The topological polar surface area (TPSA) is 35.6 Å². The Hall–Kier alpha value is -1.31. The largest absolute Gasteiger partial charge is 0.418 e. The third-order valence-electron chi connectivity index (χ3n) is 3.81. The van der Waals surface area contributed by atoms with Crippen molar-refractivity contribution in [2.24, 2.45) is 0 Å². The van der Waals surface area contributed by atoms with E-state index in [2.05, 4.69) is 15.1 Å². The van der Waals surface area contributed by atoms with E-state index in [1.54, 1.807) is 0 Å². The van der Waals surface area contributed by atoms with E-state index in [9.17, 15) is 18.0 Å². The Kier molecular flexibility index (Phi) is 5.89. The lowest BCUT2D eigenvalue weighted by atomic mass is 10.1. The lowest BCUT2D eigenvalue weighted by molar-refractivity contribution is -0.137. The van der Waals surface area contributed by atoms with Crippen LogP contribution in [0.4, 0.5) is 18.9 Å². The molecule has 0 bridgehead atoms. The molecular weight excluding hydrogens is 331 g/mol. The van der Waals surface area contributed by atoms with Crippen molar-refractivity contribution < 1.29 is 18.0 Å². The molecule has 1 aliphatic heterocycles. The molecule has 1 heterocycles. The van der Waals surface area contributed by atoms with Crippen molar-refractivity contribution in [1.82, 2.24) is 9.80 Å². The SMILES string of the molecule is CN1CCN(CCC(=O)Nc2ccc(Cl)cc2C(F)(F)F)CC1. The second-order valence-electron chi connectivity index (χ2n) is 5.63. The fourth-order valence-electron chi connectivity index (χ4n) is 2.40. The summed E-state index contributed by atoms with van der Waals surface area (Å²) in [6, 6.07) is 3.32. The predicted octanol–water partition coefficient (Wildman–Crippen LogP) is 2.93. The van der Waals surface area contributed by atoms with Crippen LogP contribution >= 0.6 is 11.6 Å². The zero-order valence-electron chi connectivity index (χ0n) is 12.8. The van der Waals surface area contributed by atoms with Crippen molar-refractivity contribution in [1.29, 1.82) is 0 Å². The highest BCUT2D eigenvalue weighted by molar-refractivity contribution is 6.30. The van der Waals surface area contributed by atoms with E-state index in [1.807, 2.05) is 7.05 Å². The van der Waals surface area contributed by atoms with Gasteiger partial charge in [0.15, 0.2) is 0 Å². The zero-order chi connectivity index (χ0) is 17.0. The van der Waals surface area contributed by atoms with Crippen LogP contribution in [-0.2, 0) is 11.0 Å². The summed E-state index contributed by atoms with van der Waals surface area (Å²) in [6.07, 6.45) is -4.41. The molecule has 0 radical (unpaired) electrons. The maximum atomic E-state index is 13.0. The number of likely N-dealkylation sites (N-methyl/N-ethyl adjacent to an activating group) is 1. The number of hydrogen-bond acceptors (Lipinski definition) is 3. The third-order valence-corrected chi connectivity index (χ3v) is 4.05. The number of carbonyl (C=O) groups is 1. The van der Waals surface area contributed by atoms with Gasteiger partial charge in [-0.3, -0.25) is 4.79 Å². The molecule has 1 aliphatic rings. The lowest BCUT2D eigenvalue weighted by Gasteiger charge is -2.32. The first-order chi connectivity index (χ1) is 10.8. The van der Waals surface area contributed by atoms with Crippen molar-refractivity contribution in [2.45, 2.75) is 12.6 Å². The van der Waals surface area contributed by atoms with Crippen LogP contribution < -0.4 is 5.32 Å². The molecule has 128 valence electrons. The molecular formula is C15H19ClF3N3O. The van der Waals surface area contributed by atoms with Crippen molar-refractivity contribution >= 4 is 23.2 Å². The van der Waals surface area contributed by atoms with Gasteiger partial charge < -0.3 is 15.1 Å². The average Bonchev–Trinajstić information content (AvgIpc) is 2.47. The molecule has 0 saturated carbocycles. The highest BCUT2D eigenvalue weighted by atomic mass is 35.5. The number of piperazine rings is 1. The quantitative estimate of drug-likeness (QED) is 0.908. The van der Waals surface area contributed by atoms with E-state index in [0.29, 0.717) is 6.54 Å². The Morgan fingerprint density at radius 2 is 1.91 bits per heavy atom. The molecule has 8 heteroatoms. The molecule has 1 aromatic rings. The monoisotopic (exact) mass is 349 g/mol. The smallest absolute Gasteiger partial charge is 0.325 e. The van der Waals surface area contributed by atoms with Crippen molar-refractivity contribution in [3.05, 3.63) is 28.8 Å². The maximum absolute atomic E-state index is 13.0. The Balaban J connectivity index is 1.93. The van der Waals surface area contributed by atoms with Gasteiger partial charge in [-0.05, 0) is 25.2 Å². The number of halogens is 4. The van der Waals surface area contributed by atoms with E-state index in [4.69, 9.17) is 11.6 Å². The molecule has 23 heavy (non-hydrogen) atoms. The van der Waals surface area contributed by atoms with Crippen LogP contribution in [0.1, 0.15) is 12.0 Å². The minimum atomic E-state index is -4.56. The van der Waals surface area contributed by atoms with Gasteiger partial charge in [0.2, 0.25) is 5.91 Å². The molecule has 1 aromatic carbocycles. The van der Waals surface area contributed by atoms with Gasteiger partial charge in [0.1, 0.15) is 0 Å². The van der Waals surface area contributed by atoms with Crippen LogP contribution in [0.5, 0.6) is 0 Å². The van der Waals surface area contributed by atoms with Gasteiger partial charge >= 0.3 is 6.18 Å². The van der Waals surface area contributed by atoms with Gasteiger partial charge in [-0.25, -0.2) is 0 Å². The first-order valence-electron chi connectivity index (χ1n) is 7.33. The summed E-state index contributed by atoms with van der Waals surface area (Å²) in [5.41, 5.74) is -1.19. The molecule has 0 aliphatic carbocycles. The molecule has 0 unspecified atom stereocenters. The van der Waals surface area contributed by atoms with Crippen LogP contribution in [0.15, 0.2) is 18.2 Å². The van der Waals surface area contributed by atoms with Crippen LogP contribution in [-0.4, -0.2) is 55.5 Å². The molecule has 0 spiro atoms. The van der Waals surface area contributed by atoms with Crippen molar-refractivity contribution in [3.8, 4) is 0 Å². The number of benzene rings is 1. The minimum Gasteiger partial charge on any atom is -0.325 e. The van der Waals surface area contributed by atoms with Gasteiger partial charge in [-0.15, -0.1) is 0 Å². The summed E-state index contributed by atoms with van der Waals surface area (Å²) >= 11 is 5.61. The van der Waals surface area contributed by atoms with Crippen LogP contribution in [0.3, 0.4) is 0 Å². The summed E-state index contributed by atoms with van der Waals surface area (Å²) in [5, 5.41) is 2.32. The fourth-order valence-corrected chi connectivity index (χ4v) is 2.58. The van der Waals surface area contributed by atoms with Gasteiger partial charge in [-0.2, -0.15) is 13.2 Å². The first-order valence-corrected chi connectivity index (χ1v) is 7.71. The second-order valence-corrected chi connectivity index (χ2v) is 6.07. The highest BCUT2D eigenvalue weighted by Crippen LogP contribution is 2.36. The Morgan fingerprint density at radius 1 is 1.26 bits per heavy atom. The Labute approximate surface area is 138 Å². The number of nitrogens with zero attached hydrogens (tertiary/aromatic N) is 2. The second kappa shape index (κ2) is 7.51. The zero-order valence-corrected chi connectivity index (χ0v) is 13.5. The molecule has 1 saturated heterocycles. The molecule has 0 aromatic heterocycles. The van der Waals surface area contributed by atoms with Crippen molar-refractivity contribution in [3.63, 3.8) is 0 Å². The van der Waals surface area contributed by atoms with Crippen LogP contribution in [0, 0.1) is 0 Å². The van der Waals surface area contributed by atoms with Gasteiger partial charge in [-0.1, -0.05) is 11.6 Å². The molecule has 1 amide bonds. The molecule has 2 rings (SSSR count). The van der Waals surface area contributed by atoms with Gasteiger partial charge in [0, 0.05) is 44.2 Å². The normalized spacial score (nSPS) is 17.3. The van der Waals surface area contributed by atoms with Crippen LogP contribution in [0.25, 0.3) is 0 Å². The third kappa shape index (κ3) is 5.37. The fraction of sp³-hybridized carbons (Fsp3) is 0.533. The minimum absolute atomic E-state index is 0.0206. The summed E-state index contributed by atoms with van der Waals surface area (Å²) in [5.74, 6) is -0.434. The lowest BCUT2D eigenvalue weighted by Crippen LogP contribution is -2.45. The molecule has 1 fully saturated rings. The number of amides is 1. The number of anilines is 1. The van der Waals surface area contributed by atoms with Crippen molar-refractivity contribution in [2.75, 3.05) is 45.1 Å². The van der Waals surface area contributed by atoms with E-state index in [-0.39, 0.29) is 17.1 Å². The van der Waals surface area contributed by atoms with E-state index in [1.165, 1.54) is 12.1 Å². The molecule has 4 nitrogen and oxygen atoms in total. The number of rotatable bonds is 4. The Morgan fingerprint density at radius 3 is 2.52 bits per heavy atom. The summed E-state index contributed by atoms with van der Waals surface area (Å²) in [7, 11) is 2.03. The van der Waals surface area contributed by atoms with Crippen LogP contribution in [0.2, 0.25) is 5.02 Å². The summed E-state index contributed by atoms with van der Waals surface area (Å²) in [4.78, 5) is 16.3.